The van der Waals surface area contributed by atoms with E-state index >= 15 is 0 Å². The van der Waals surface area contributed by atoms with E-state index in [4.69, 9.17) is 11.6 Å². The lowest BCUT2D eigenvalue weighted by Crippen LogP contribution is -1.91. The lowest BCUT2D eigenvalue weighted by Gasteiger charge is -2.02. The fourth-order valence-electron chi connectivity index (χ4n) is 1.86. The van der Waals surface area contributed by atoms with Crippen LogP contribution in [0.4, 0.5) is 0 Å². The topological polar surface area (TPSA) is 126 Å². The highest BCUT2D eigenvalue weighted by Crippen LogP contribution is 2.27. The zero-order valence-corrected chi connectivity index (χ0v) is 10.4. The molecular weight excluding hydrogens is 284 g/mol. The van der Waals surface area contributed by atoms with E-state index in [1.807, 2.05) is 0 Å². The van der Waals surface area contributed by atoms with Crippen molar-refractivity contribution < 1.29 is 0 Å². The molecule has 0 aliphatic rings. The van der Waals surface area contributed by atoms with Gasteiger partial charge in [-0.3, -0.25) is 4.40 Å². The van der Waals surface area contributed by atoms with Gasteiger partial charge in [0.2, 0.25) is 0 Å². The van der Waals surface area contributed by atoms with E-state index in [0.717, 1.165) is 0 Å². The summed E-state index contributed by atoms with van der Waals surface area (Å²) >= 11 is 6.35. The molecular formula is C9H5ClN10. The van der Waals surface area contributed by atoms with Crippen molar-refractivity contribution in [2.45, 2.75) is 0 Å². The van der Waals surface area contributed by atoms with Gasteiger partial charge in [0, 0.05) is 6.20 Å². The summed E-state index contributed by atoms with van der Waals surface area (Å²) in [6, 6.07) is 3.59. The summed E-state index contributed by atoms with van der Waals surface area (Å²) in [6.07, 6.45) is 1.73. The molecule has 0 aromatic carbocycles. The smallest absolute Gasteiger partial charge is 0.199 e. The Labute approximate surface area is 115 Å². The molecule has 0 fully saturated rings. The molecule has 4 aromatic heterocycles. The summed E-state index contributed by atoms with van der Waals surface area (Å²) in [5.41, 5.74) is 1.92. The number of rotatable bonds is 2. The fourth-order valence-corrected chi connectivity index (χ4v) is 2.15. The number of aromatic amines is 2. The molecule has 0 amide bonds. The molecule has 4 rings (SSSR count). The van der Waals surface area contributed by atoms with Crippen LogP contribution in [-0.4, -0.2) is 50.6 Å². The van der Waals surface area contributed by atoms with Gasteiger partial charge in [-0.1, -0.05) is 11.6 Å². The number of hydrogen-bond acceptors (Lipinski definition) is 7. The molecule has 11 heteroatoms. The maximum atomic E-state index is 6.35. The maximum Gasteiger partial charge on any atom is 0.199 e. The summed E-state index contributed by atoms with van der Waals surface area (Å²) in [5.74, 6) is 0.945. The van der Waals surface area contributed by atoms with Crippen LogP contribution in [-0.2, 0) is 0 Å². The number of pyridine rings is 1. The van der Waals surface area contributed by atoms with Crippen LogP contribution >= 0.6 is 11.6 Å². The van der Waals surface area contributed by atoms with Gasteiger partial charge in [-0.25, -0.2) is 15.2 Å². The average molecular weight is 289 g/mol. The first kappa shape index (κ1) is 11.0. The molecule has 4 heterocycles. The molecule has 0 radical (unpaired) electrons. The SMILES string of the molecule is Clc1c(-c2nnn[nH]2)ccc2nc(-c3nnn[nH]3)cn12. The van der Waals surface area contributed by atoms with Crippen molar-refractivity contribution in [2.75, 3.05) is 0 Å². The van der Waals surface area contributed by atoms with Crippen molar-refractivity contribution in [1.29, 1.82) is 0 Å². The Morgan fingerprint density at radius 2 is 1.75 bits per heavy atom. The van der Waals surface area contributed by atoms with E-state index in [9.17, 15) is 0 Å². The Bertz CT molecular complexity index is 862. The zero-order chi connectivity index (χ0) is 13.5. The Morgan fingerprint density at radius 1 is 1.00 bits per heavy atom. The highest BCUT2D eigenvalue weighted by Gasteiger charge is 2.14. The number of halogens is 1. The van der Waals surface area contributed by atoms with E-state index in [-0.39, 0.29) is 0 Å². The Morgan fingerprint density at radius 3 is 2.45 bits per heavy atom. The van der Waals surface area contributed by atoms with Gasteiger partial charge in [0.25, 0.3) is 0 Å². The molecule has 20 heavy (non-hydrogen) atoms. The molecule has 0 aliphatic heterocycles. The summed E-state index contributed by atoms with van der Waals surface area (Å²) in [5, 5.41) is 27.5. The molecule has 0 aliphatic carbocycles. The number of imidazole rings is 1. The van der Waals surface area contributed by atoms with E-state index in [1.54, 1.807) is 22.7 Å². The molecule has 0 unspecified atom stereocenters. The predicted molar refractivity (Wildman–Crippen MR) is 66.5 cm³/mol. The first-order chi connectivity index (χ1) is 9.83. The molecule has 4 aromatic rings. The zero-order valence-electron chi connectivity index (χ0n) is 9.69. The molecule has 0 bridgehead atoms. The van der Waals surface area contributed by atoms with Crippen LogP contribution in [0.15, 0.2) is 18.3 Å². The first-order valence-corrected chi connectivity index (χ1v) is 5.86. The third-order valence-corrected chi connectivity index (χ3v) is 3.14. The van der Waals surface area contributed by atoms with Crippen LogP contribution in [0.2, 0.25) is 5.15 Å². The van der Waals surface area contributed by atoms with Gasteiger partial charge in [0.1, 0.15) is 16.5 Å². The number of nitrogens with zero attached hydrogens (tertiary/aromatic N) is 8. The first-order valence-electron chi connectivity index (χ1n) is 5.49. The predicted octanol–water partition coefficient (Wildman–Crippen LogP) is 0.348. The van der Waals surface area contributed by atoms with Crippen LogP contribution in [0.1, 0.15) is 0 Å². The Hall–Kier alpha value is -2.88. The highest BCUT2D eigenvalue weighted by atomic mass is 35.5. The molecule has 0 spiro atoms. The minimum atomic E-state index is 0.437. The molecule has 2 N–H and O–H groups in total. The van der Waals surface area contributed by atoms with E-state index < -0.39 is 0 Å². The van der Waals surface area contributed by atoms with Gasteiger partial charge in [-0.15, -0.1) is 10.2 Å². The summed E-state index contributed by atoms with van der Waals surface area (Å²) in [6.45, 7) is 0. The van der Waals surface area contributed by atoms with Gasteiger partial charge >= 0.3 is 0 Å². The van der Waals surface area contributed by atoms with Crippen molar-refractivity contribution in [3.05, 3.63) is 23.5 Å². The Kier molecular flexibility index (Phi) is 2.23. The number of H-pyrrole nitrogens is 2. The summed E-state index contributed by atoms with van der Waals surface area (Å²) in [4.78, 5) is 4.38. The minimum absolute atomic E-state index is 0.437. The number of tetrazole rings is 2. The van der Waals surface area contributed by atoms with E-state index in [1.165, 1.54) is 0 Å². The Balaban J connectivity index is 1.93. The lowest BCUT2D eigenvalue weighted by atomic mass is 10.3. The summed E-state index contributed by atoms with van der Waals surface area (Å²) < 4.78 is 1.71. The van der Waals surface area contributed by atoms with Crippen molar-refractivity contribution in [1.82, 2.24) is 50.6 Å². The van der Waals surface area contributed by atoms with Gasteiger partial charge < -0.3 is 0 Å². The summed E-state index contributed by atoms with van der Waals surface area (Å²) in [7, 11) is 0. The van der Waals surface area contributed by atoms with E-state index in [0.29, 0.717) is 33.7 Å². The van der Waals surface area contributed by atoms with Crippen LogP contribution < -0.4 is 0 Å². The van der Waals surface area contributed by atoms with Gasteiger partial charge in [0.15, 0.2) is 11.6 Å². The lowest BCUT2D eigenvalue weighted by molar-refractivity contribution is 0.881. The molecule has 0 saturated carbocycles. The number of aromatic nitrogens is 10. The molecule has 10 nitrogen and oxygen atoms in total. The molecule has 0 atom stereocenters. The van der Waals surface area contributed by atoms with Crippen LogP contribution in [0.3, 0.4) is 0 Å². The van der Waals surface area contributed by atoms with Crippen LogP contribution in [0.25, 0.3) is 28.6 Å². The number of fused-ring (bicyclic) bond motifs is 1. The normalized spacial score (nSPS) is 11.2. The fraction of sp³-hybridized carbons (Fsp3) is 0. The second-order valence-corrected chi connectivity index (χ2v) is 4.25. The van der Waals surface area contributed by atoms with Gasteiger partial charge in [-0.2, -0.15) is 0 Å². The second-order valence-electron chi connectivity index (χ2n) is 3.89. The third kappa shape index (κ3) is 1.55. The van der Waals surface area contributed by atoms with Gasteiger partial charge in [0.05, 0.1) is 5.56 Å². The van der Waals surface area contributed by atoms with Crippen molar-refractivity contribution >= 4 is 17.2 Å². The van der Waals surface area contributed by atoms with E-state index in [2.05, 4.69) is 46.2 Å². The second kappa shape index (κ2) is 4.06. The quantitative estimate of drug-likeness (QED) is 0.509. The monoisotopic (exact) mass is 288 g/mol. The minimum Gasteiger partial charge on any atom is -0.289 e. The third-order valence-electron chi connectivity index (χ3n) is 2.75. The van der Waals surface area contributed by atoms with Crippen LogP contribution in [0.5, 0.6) is 0 Å². The number of hydrogen-bond donors (Lipinski definition) is 2. The highest BCUT2D eigenvalue weighted by molar-refractivity contribution is 6.32. The van der Waals surface area contributed by atoms with Crippen molar-refractivity contribution in [2.24, 2.45) is 0 Å². The van der Waals surface area contributed by atoms with Crippen LogP contribution in [0, 0.1) is 0 Å². The van der Waals surface area contributed by atoms with Gasteiger partial charge in [-0.05, 0) is 33.0 Å². The maximum absolute atomic E-state index is 6.35. The standard InChI is InChI=1S/C9H5ClN10/c10-7-4(8-12-16-17-13-8)1-2-6-11-5(3-20(6)7)9-14-18-19-15-9/h1-3H,(H,12,13,16,17)(H,14,15,18,19). The molecule has 98 valence electrons. The van der Waals surface area contributed by atoms with Crippen molar-refractivity contribution in [3.63, 3.8) is 0 Å². The number of nitrogens with one attached hydrogen (secondary N) is 2. The molecule has 0 saturated heterocycles. The largest absolute Gasteiger partial charge is 0.289 e. The average Bonchev–Trinajstić information content (AvgIpc) is 3.20. The van der Waals surface area contributed by atoms with Crippen molar-refractivity contribution in [3.8, 4) is 22.9 Å².